The summed E-state index contributed by atoms with van der Waals surface area (Å²) >= 11 is 0. The van der Waals surface area contributed by atoms with Crippen LogP contribution in [0.25, 0.3) is 0 Å². The molecule has 0 saturated carbocycles. The molecule has 1 unspecified atom stereocenters. The lowest BCUT2D eigenvalue weighted by atomic mass is 9.74. The van der Waals surface area contributed by atoms with Crippen LogP contribution in [0.15, 0.2) is 24.3 Å². The van der Waals surface area contributed by atoms with E-state index in [4.69, 9.17) is 5.26 Å². The lowest BCUT2D eigenvalue weighted by Crippen LogP contribution is -2.48. The topological polar surface area (TPSA) is 64.3 Å². The van der Waals surface area contributed by atoms with Gasteiger partial charge in [0.15, 0.2) is 0 Å². The van der Waals surface area contributed by atoms with Gasteiger partial charge in [0.05, 0.1) is 17.6 Å². The zero-order chi connectivity index (χ0) is 14.0. The first-order valence-corrected chi connectivity index (χ1v) is 6.42. The Kier molecular flexibility index (Phi) is 3.48. The predicted octanol–water partition coefficient (Wildman–Crippen LogP) is 2.50. The van der Waals surface area contributed by atoms with Crippen molar-refractivity contribution in [2.24, 2.45) is 11.3 Å². The lowest BCUT2D eigenvalue weighted by Gasteiger charge is -2.43. The normalized spacial score (nSPS) is 21.7. The molecule has 1 N–H and O–H groups in total. The summed E-state index contributed by atoms with van der Waals surface area (Å²) in [7, 11) is 0. The van der Waals surface area contributed by atoms with E-state index in [1.54, 1.807) is 6.07 Å². The van der Waals surface area contributed by atoms with Crippen molar-refractivity contribution in [1.29, 1.82) is 5.26 Å². The van der Waals surface area contributed by atoms with Gasteiger partial charge in [-0.2, -0.15) is 5.26 Å². The smallest absolute Gasteiger partial charge is 0.307 e. The number of rotatable bonds is 2. The average Bonchev–Trinajstić information content (AvgIpc) is 2.37. The molecule has 0 amide bonds. The van der Waals surface area contributed by atoms with Gasteiger partial charge in [-0.05, 0) is 30.0 Å². The van der Waals surface area contributed by atoms with Gasteiger partial charge >= 0.3 is 5.97 Å². The summed E-state index contributed by atoms with van der Waals surface area (Å²) in [6.45, 7) is 5.40. The summed E-state index contributed by atoms with van der Waals surface area (Å²) in [6, 6.07) is 9.60. The Balaban J connectivity index is 2.21. The van der Waals surface area contributed by atoms with Crippen molar-refractivity contribution in [2.45, 2.75) is 20.3 Å². The molecule has 1 aliphatic rings. The van der Waals surface area contributed by atoms with Crippen LogP contribution < -0.4 is 4.90 Å². The first kappa shape index (κ1) is 13.4. The van der Waals surface area contributed by atoms with Gasteiger partial charge in [-0.25, -0.2) is 0 Å². The molecule has 4 nitrogen and oxygen atoms in total. The highest BCUT2D eigenvalue weighted by molar-refractivity contribution is 5.71. The monoisotopic (exact) mass is 258 g/mol. The van der Waals surface area contributed by atoms with E-state index in [0.29, 0.717) is 18.5 Å². The molecule has 1 aromatic rings. The first-order valence-electron chi connectivity index (χ1n) is 6.42. The number of anilines is 1. The number of hydrogen-bond acceptors (Lipinski definition) is 3. The van der Waals surface area contributed by atoms with Gasteiger partial charge in [0.2, 0.25) is 0 Å². The third-order valence-corrected chi connectivity index (χ3v) is 3.87. The number of carboxylic acids is 1. The van der Waals surface area contributed by atoms with Crippen LogP contribution in [0, 0.1) is 22.7 Å². The molecule has 4 heteroatoms. The lowest BCUT2D eigenvalue weighted by molar-refractivity contribution is -0.146. The first-order chi connectivity index (χ1) is 8.94. The van der Waals surface area contributed by atoms with Crippen LogP contribution in [0.1, 0.15) is 25.8 Å². The molecule has 1 saturated heterocycles. The Labute approximate surface area is 113 Å². The standard InChI is InChI=1S/C15H18N2O2/c1-15(2)10-17(7-6-13(15)14(18)19)12-5-3-4-11(8-12)9-16/h3-5,8,13H,6-7,10H2,1-2H3,(H,18,19). The summed E-state index contributed by atoms with van der Waals surface area (Å²) in [6.07, 6.45) is 0.638. The number of carbonyl (C=O) groups is 1. The van der Waals surface area contributed by atoms with Gasteiger partial charge in [-0.15, -0.1) is 0 Å². The fourth-order valence-electron chi connectivity index (χ4n) is 2.81. The molecular formula is C15H18N2O2. The predicted molar refractivity (Wildman–Crippen MR) is 72.9 cm³/mol. The Bertz CT molecular complexity index is 531. The van der Waals surface area contributed by atoms with Crippen LogP contribution in [0.4, 0.5) is 5.69 Å². The SMILES string of the molecule is CC1(C)CN(c2cccc(C#N)c2)CCC1C(=O)O. The fourth-order valence-corrected chi connectivity index (χ4v) is 2.81. The van der Waals surface area contributed by atoms with E-state index >= 15 is 0 Å². The van der Waals surface area contributed by atoms with E-state index in [1.165, 1.54) is 0 Å². The van der Waals surface area contributed by atoms with Gasteiger partial charge in [0.1, 0.15) is 0 Å². The van der Waals surface area contributed by atoms with Crippen molar-refractivity contribution >= 4 is 11.7 Å². The van der Waals surface area contributed by atoms with Crippen molar-refractivity contribution in [3.05, 3.63) is 29.8 Å². The summed E-state index contributed by atoms with van der Waals surface area (Å²) in [5.41, 5.74) is 1.36. The molecule has 19 heavy (non-hydrogen) atoms. The zero-order valence-electron chi connectivity index (χ0n) is 11.3. The average molecular weight is 258 g/mol. The molecule has 1 heterocycles. The van der Waals surface area contributed by atoms with Gasteiger partial charge in [-0.1, -0.05) is 19.9 Å². The Morgan fingerprint density at radius 2 is 2.26 bits per heavy atom. The fraction of sp³-hybridized carbons (Fsp3) is 0.467. The second kappa shape index (κ2) is 4.93. The number of aliphatic carboxylic acids is 1. The van der Waals surface area contributed by atoms with Gasteiger partial charge in [-0.3, -0.25) is 4.79 Å². The van der Waals surface area contributed by atoms with Crippen molar-refractivity contribution in [1.82, 2.24) is 0 Å². The summed E-state index contributed by atoms with van der Waals surface area (Å²) in [5, 5.41) is 18.2. The minimum Gasteiger partial charge on any atom is -0.481 e. The third kappa shape index (κ3) is 2.70. The molecule has 1 aromatic carbocycles. The third-order valence-electron chi connectivity index (χ3n) is 3.87. The van der Waals surface area contributed by atoms with E-state index in [9.17, 15) is 9.90 Å². The van der Waals surface area contributed by atoms with Crippen molar-refractivity contribution in [2.75, 3.05) is 18.0 Å². The van der Waals surface area contributed by atoms with Crippen molar-refractivity contribution in [3.8, 4) is 6.07 Å². The van der Waals surface area contributed by atoms with Gasteiger partial charge in [0, 0.05) is 18.8 Å². The quantitative estimate of drug-likeness (QED) is 0.885. The Morgan fingerprint density at radius 3 is 2.84 bits per heavy atom. The van der Waals surface area contributed by atoms with Gasteiger partial charge in [0.25, 0.3) is 0 Å². The Hall–Kier alpha value is -2.02. The molecule has 0 bridgehead atoms. The maximum absolute atomic E-state index is 11.3. The summed E-state index contributed by atoms with van der Waals surface area (Å²) < 4.78 is 0. The van der Waals surface area contributed by atoms with Crippen molar-refractivity contribution < 1.29 is 9.90 Å². The summed E-state index contributed by atoms with van der Waals surface area (Å²) in [4.78, 5) is 13.4. The summed E-state index contributed by atoms with van der Waals surface area (Å²) in [5.74, 6) is -1.02. The molecule has 100 valence electrons. The van der Waals surface area contributed by atoms with E-state index in [1.807, 2.05) is 32.0 Å². The van der Waals surface area contributed by atoms with Gasteiger partial charge < -0.3 is 10.0 Å². The van der Waals surface area contributed by atoms with Crippen LogP contribution in [0.5, 0.6) is 0 Å². The van der Waals surface area contributed by atoms with Crippen molar-refractivity contribution in [3.63, 3.8) is 0 Å². The molecule has 1 aliphatic heterocycles. The van der Waals surface area contributed by atoms with E-state index < -0.39 is 5.97 Å². The molecule has 2 rings (SSSR count). The van der Waals surface area contributed by atoms with Crippen LogP contribution >= 0.6 is 0 Å². The molecule has 0 spiro atoms. The zero-order valence-corrected chi connectivity index (χ0v) is 11.3. The Morgan fingerprint density at radius 1 is 1.53 bits per heavy atom. The number of carboxylic acid groups (broad SMARTS) is 1. The number of nitriles is 1. The second-order valence-corrected chi connectivity index (χ2v) is 5.75. The van der Waals surface area contributed by atoms with E-state index in [-0.39, 0.29) is 11.3 Å². The maximum atomic E-state index is 11.3. The minimum absolute atomic E-state index is 0.271. The van der Waals surface area contributed by atoms with Crippen LogP contribution in [-0.4, -0.2) is 24.2 Å². The largest absolute Gasteiger partial charge is 0.481 e. The number of piperidine rings is 1. The van der Waals surface area contributed by atoms with E-state index in [2.05, 4.69) is 11.0 Å². The molecule has 0 aliphatic carbocycles. The number of benzene rings is 1. The second-order valence-electron chi connectivity index (χ2n) is 5.75. The minimum atomic E-state index is -0.713. The maximum Gasteiger partial charge on any atom is 0.307 e. The highest BCUT2D eigenvalue weighted by Crippen LogP contribution is 2.37. The van der Waals surface area contributed by atoms with Crippen LogP contribution in [-0.2, 0) is 4.79 Å². The van der Waals surface area contributed by atoms with Crippen LogP contribution in [0.2, 0.25) is 0 Å². The highest BCUT2D eigenvalue weighted by atomic mass is 16.4. The molecule has 1 atom stereocenters. The molecule has 0 aromatic heterocycles. The highest BCUT2D eigenvalue weighted by Gasteiger charge is 2.40. The van der Waals surface area contributed by atoms with Crippen LogP contribution in [0.3, 0.4) is 0 Å². The molecular weight excluding hydrogens is 240 g/mol. The number of nitrogens with zero attached hydrogens (tertiary/aromatic N) is 2. The number of hydrogen-bond donors (Lipinski definition) is 1. The van der Waals surface area contributed by atoms with E-state index in [0.717, 1.165) is 12.2 Å². The molecule has 1 fully saturated rings. The molecule has 0 radical (unpaired) electrons.